The third-order valence-electron chi connectivity index (χ3n) is 3.95. The number of rotatable bonds is 6. The third kappa shape index (κ3) is 8.09. The number of urea groups is 1. The van der Waals surface area contributed by atoms with E-state index in [1.54, 1.807) is 0 Å². The number of carbonyl (C=O) groups is 1. The van der Waals surface area contributed by atoms with Crippen LogP contribution in [0.25, 0.3) is 0 Å². The maximum absolute atomic E-state index is 11.7. The summed E-state index contributed by atoms with van der Waals surface area (Å²) in [7, 11) is 0. The Bertz CT molecular complexity index is 238. The summed E-state index contributed by atoms with van der Waals surface area (Å²) in [6, 6.07) is 0.0667. The second-order valence-corrected chi connectivity index (χ2v) is 5.83. The highest BCUT2D eigenvalue weighted by atomic mass is 16.3. The Morgan fingerprint density at radius 1 is 1.21 bits per heavy atom. The van der Waals surface area contributed by atoms with Crippen LogP contribution in [0.4, 0.5) is 4.79 Å². The summed E-state index contributed by atoms with van der Waals surface area (Å²) in [6.45, 7) is 2.97. The molecule has 4 nitrogen and oxygen atoms in total. The highest BCUT2D eigenvalue weighted by Crippen LogP contribution is 2.21. The molecule has 2 amide bonds. The van der Waals surface area contributed by atoms with E-state index in [2.05, 4.69) is 10.6 Å². The first-order chi connectivity index (χ1) is 9.22. The summed E-state index contributed by atoms with van der Waals surface area (Å²) in [5.74, 6) is 0.652. The molecule has 0 aliphatic heterocycles. The maximum Gasteiger partial charge on any atom is 0.315 e. The summed E-state index contributed by atoms with van der Waals surface area (Å²) < 4.78 is 0. The minimum Gasteiger partial charge on any atom is -0.396 e. The first kappa shape index (κ1) is 16.3. The zero-order valence-corrected chi connectivity index (χ0v) is 12.3. The predicted octanol–water partition coefficient (Wildman–Crippen LogP) is 2.81. The lowest BCUT2D eigenvalue weighted by Crippen LogP contribution is -2.42. The van der Waals surface area contributed by atoms with Crippen LogP contribution in [0.1, 0.15) is 64.7 Å². The molecule has 0 spiro atoms. The van der Waals surface area contributed by atoms with Crippen LogP contribution in [0.3, 0.4) is 0 Å². The van der Waals surface area contributed by atoms with Gasteiger partial charge < -0.3 is 15.7 Å². The fourth-order valence-corrected chi connectivity index (χ4v) is 2.73. The monoisotopic (exact) mass is 270 g/mol. The van der Waals surface area contributed by atoms with Gasteiger partial charge in [-0.15, -0.1) is 0 Å². The van der Waals surface area contributed by atoms with E-state index in [0.29, 0.717) is 5.92 Å². The van der Waals surface area contributed by atoms with E-state index in [-0.39, 0.29) is 18.7 Å². The number of hydrogen-bond donors (Lipinski definition) is 3. The zero-order valence-electron chi connectivity index (χ0n) is 12.3. The molecule has 1 rings (SSSR count). The Morgan fingerprint density at radius 3 is 2.47 bits per heavy atom. The SMILES string of the molecule is CC(CCCO)NC(=O)NCC1CCCCCCC1. The molecule has 0 bridgehead atoms. The normalized spacial score (nSPS) is 19.3. The molecule has 1 atom stereocenters. The predicted molar refractivity (Wildman–Crippen MR) is 78.1 cm³/mol. The Hall–Kier alpha value is -0.770. The third-order valence-corrected chi connectivity index (χ3v) is 3.95. The average molecular weight is 270 g/mol. The fourth-order valence-electron chi connectivity index (χ4n) is 2.73. The van der Waals surface area contributed by atoms with Gasteiger partial charge in [0.2, 0.25) is 0 Å². The van der Waals surface area contributed by atoms with Gasteiger partial charge in [0.1, 0.15) is 0 Å². The summed E-state index contributed by atoms with van der Waals surface area (Å²) in [6.07, 6.45) is 10.8. The first-order valence-electron chi connectivity index (χ1n) is 7.87. The number of nitrogens with one attached hydrogen (secondary N) is 2. The van der Waals surface area contributed by atoms with Crippen LogP contribution in [-0.2, 0) is 0 Å². The molecule has 1 fully saturated rings. The molecule has 4 heteroatoms. The van der Waals surface area contributed by atoms with Crippen LogP contribution in [-0.4, -0.2) is 30.3 Å². The van der Waals surface area contributed by atoms with Crippen molar-refractivity contribution < 1.29 is 9.90 Å². The van der Waals surface area contributed by atoms with Crippen LogP contribution >= 0.6 is 0 Å². The van der Waals surface area contributed by atoms with Crippen LogP contribution in [0.2, 0.25) is 0 Å². The number of aliphatic hydroxyl groups excluding tert-OH is 1. The topological polar surface area (TPSA) is 61.4 Å². The van der Waals surface area contributed by atoms with Crippen LogP contribution in [0, 0.1) is 5.92 Å². The van der Waals surface area contributed by atoms with E-state index in [0.717, 1.165) is 19.4 Å². The molecule has 1 unspecified atom stereocenters. The van der Waals surface area contributed by atoms with Crippen molar-refractivity contribution in [3.8, 4) is 0 Å². The van der Waals surface area contributed by atoms with Crippen LogP contribution < -0.4 is 10.6 Å². The van der Waals surface area contributed by atoms with Crippen molar-refractivity contribution in [1.82, 2.24) is 10.6 Å². The van der Waals surface area contributed by atoms with E-state index in [1.807, 2.05) is 6.92 Å². The van der Waals surface area contributed by atoms with Crippen molar-refractivity contribution in [2.45, 2.75) is 70.8 Å². The molecule has 0 radical (unpaired) electrons. The Labute approximate surface area is 117 Å². The maximum atomic E-state index is 11.7. The highest BCUT2D eigenvalue weighted by Gasteiger charge is 2.13. The summed E-state index contributed by atoms with van der Waals surface area (Å²) in [5, 5.41) is 14.7. The van der Waals surface area contributed by atoms with Gasteiger partial charge in [-0.05, 0) is 38.5 Å². The highest BCUT2D eigenvalue weighted by molar-refractivity contribution is 5.74. The quantitative estimate of drug-likeness (QED) is 0.695. The van der Waals surface area contributed by atoms with E-state index in [9.17, 15) is 4.79 Å². The van der Waals surface area contributed by atoms with E-state index < -0.39 is 0 Å². The molecule has 0 aromatic carbocycles. The molecular formula is C15H30N2O2. The molecule has 3 N–H and O–H groups in total. The van der Waals surface area contributed by atoms with Gasteiger partial charge in [-0.2, -0.15) is 0 Å². The van der Waals surface area contributed by atoms with Gasteiger partial charge in [-0.3, -0.25) is 0 Å². The molecule has 19 heavy (non-hydrogen) atoms. The van der Waals surface area contributed by atoms with Gasteiger partial charge in [0.25, 0.3) is 0 Å². The standard InChI is InChI=1S/C15H30N2O2/c1-13(8-7-11-18)17-15(19)16-12-14-9-5-3-2-4-6-10-14/h13-14,18H,2-12H2,1H3,(H2,16,17,19). The second kappa shape index (κ2) is 10.1. The Balaban J connectivity index is 2.13. The summed E-state index contributed by atoms with van der Waals surface area (Å²) in [4.78, 5) is 11.7. The first-order valence-corrected chi connectivity index (χ1v) is 7.87. The molecule has 1 aliphatic rings. The van der Waals surface area contributed by atoms with E-state index in [1.165, 1.54) is 44.9 Å². The number of amides is 2. The van der Waals surface area contributed by atoms with Gasteiger partial charge >= 0.3 is 6.03 Å². The van der Waals surface area contributed by atoms with Gasteiger partial charge in [-0.1, -0.05) is 32.1 Å². The van der Waals surface area contributed by atoms with Crippen LogP contribution in [0.15, 0.2) is 0 Å². The summed E-state index contributed by atoms with van der Waals surface area (Å²) in [5.41, 5.74) is 0. The van der Waals surface area contributed by atoms with Gasteiger partial charge in [0, 0.05) is 19.2 Å². The number of aliphatic hydroxyl groups is 1. The molecule has 0 saturated heterocycles. The largest absolute Gasteiger partial charge is 0.396 e. The van der Waals surface area contributed by atoms with Crippen molar-refractivity contribution in [2.75, 3.05) is 13.2 Å². The average Bonchev–Trinajstić information content (AvgIpc) is 2.35. The molecule has 0 heterocycles. The zero-order chi connectivity index (χ0) is 13.9. The van der Waals surface area contributed by atoms with Crippen LogP contribution in [0.5, 0.6) is 0 Å². The minimum absolute atomic E-state index is 0.0625. The van der Waals surface area contributed by atoms with Crippen molar-refractivity contribution in [1.29, 1.82) is 0 Å². The van der Waals surface area contributed by atoms with Gasteiger partial charge in [-0.25, -0.2) is 4.79 Å². The van der Waals surface area contributed by atoms with Crippen molar-refractivity contribution in [2.24, 2.45) is 5.92 Å². The van der Waals surface area contributed by atoms with E-state index >= 15 is 0 Å². The molecule has 1 saturated carbocycles. The lowest BCUT2D eigenvalue weighted by molar-refractivity contribution is 0.231. The summed E-state index contributed by atoms with van der Waals surface area (Å²) >= 11 is 0. The molecule has 0 aromatic rings. The fraction of sp³-hybridized carbons (Fsp3) is 0.933. The smallest absolute Gasteiger partial charge is 0.315 e. The van der Waals surface area contributed by atoms with Crippen molar-refractivity contribution in [3.05, 3.63) is 0 Å². The molecule has 112 valence electrons. The lowest BCUT2D eigenvalue weighted by Gasteiger charge is -2.21. The minimum atomic E-state index is -0.0625. The second-order valence-electron chi connectivity index (χ2n) is 5.83. The van der Waals surface area contributed by atoms with Gasteiger partial charge in [0.15, 0.2) is 0 Å². The Morgan fingerprint density at radius 2 is 1.84 bits per heavy atom. The van der Waals surface area contributed by atoms with Crippen molar-refractivity contribution >= 4 is 6.03 Å². The number of carbonyl (C=O) groups excluding carboxylic acids is 1. The lowest BCUT2D eigenvalue weighted by atomic mass is 9.91. The Kier molecular flexibility index (Phi) is 8.63. The van der Waals surface area contributed by atoms with E-state index in [4.69, 9.17) is 5.11 Å². The van der Waals surface area contributed by atoms with Crippen molar-refractivity contribution in [3.63, 3.8) is 0 Å². The number of hydrogen-bond acceptors (Lipinski definition) is 2. The van der Waals surface area contributed by atoms with Gasteiger partial charge in [0.05, 0.1) is 0 Å². The molecule has 1 aliphatic carbocycles. The molecular weight excluding hydrogens is 240 g/mol. The molecule has 0 aromatic heterocycles.